The summed E-state index contributed by atoms with van der Waals surface area (Å²) in [6, 6.07) is 6.96. The Morgan fingerprint density at radius 3 is 2.45 bits per heavy atom. The van der Waals surface area contributed by atoms with Gasteiger partial charge in [0.05, 0.1) is 29.7 Å². The van der Waals surface area contributed by atoms with E-state index in [4.69, 9.17) is 9.47 Å². The van der Waals surface area contributed by atoms with E-state index in [9.17, 15) is 32.9 Å². The van der Waals surface area contributed by atoms with Crippen molar-refractivity contribution in [3.05, 3.63) is 63.2 Å². The zero-order valence-electron chi connectivity index (χ0n) is 16.8. The molecule has 0 heterocycles. The summed E-state index contributed by atoms with van der Waals surface area (Å²) in [5.74, 6) is -1.23. The second kappa shape index (κ2) is 9.45. The van der Waals surface area contributed by atoms with E-state index in [1.807, 2.05) is 12.2 Å². The zero-order valence-corrected chi connectivity index (χ0v) is 16.8. The number of halogens is 3. The van der Waals surface area contributed by atoms with Crippen LogP contribution in [0, 0.1) is 17.0 Å². The van der Waals surface area contributed by atoms with Crippen molar-refractivity contribution in [2.45, 2.75) is 32.5 Å². The number of carbonyl (C=O) groups excluding carboxylic acids is 2. The number of hydrogen-bond donors (Lipinski definition) is 1. The SMILES string of the molecule is COc1cc(CC(=O)OC(C)C(=O)Nc2ccc([N+](=O)[O-])cc2C(F)(F)F)ccc1C. The summed E-state index contributed by atoms with van der Waals surface area (Å²) >= 11 is 0. The first-order valence-electron chi connectivity index (χ1n) is 8.92. The van der Waals surface area contributed by atoms with Crippen LogP contribution in [0.5, 0.6) is 5.75 Å². The number of hydrogen-bond acceptors (Lipinski definition) is 6. The largest absolute Gasteiger partial charge is 0.496 e. The fourth-order valence-corrected chi connectivity index (χ4v) is 2.66. The normalized spacial score (nSPS) is 12.1. The van der Waals surface area contributed by atoms with Crippen LogP contribution in [0.15, 0.2) is 36.4 Å². The van der Waals surface area contributed by atoms with E-state index in [1.165, 1.54) is 14.0 Å². The number of anilines is 1. The van der Waals surface area contributed by atoms with E-state index in [0.717, 1.165) is 17.7 Å². The number of benzene rings is 2. The molecule has 0 saturated heterocycles. The molecular weight excluding hydrogens is 421 g/mol. The summed E-state index contributed by atoms with van der Waals surface area (Å²) in [4.78, 5) is 34.1. The zero-order chi connectivity index (χ0) is 23.3. The Kier molecular flexibility index (Phi) is 7.21. The van der Waals surface area contributed by atoms with Gasteiger partial charge < -0.3 is 14.8 Å². The summed E-state index contributed by atoms with van der Waals surface area (Å²) < 4.78 is 49.8. The number of esters is 1. The number of amides is 1. The Morgan fingerprint density at radius 1 is 1.19 bits per heavy atom. The number of nitrogens with zero attached hydrogens (tertiary/aromatic N) is 1. The van der Waals surface area contributed by atoms with E-state index in [2.05, 4.69) is 0 Å². The second-order valence-corrected chi connectivity index (χ2v) is 6.59. The highest BCUT2D eigenvalue weighted by atomic mass is 19.4. The first-order valence-corrected chi connectivity index (χ1v) is 8.92. The quantitative estimate of drug-likeness (QED) is 0.396. The van der Waals surface area contributed by atoms with Gasteiger partial charge in [-0.25, -0.2) is 0 Å². The molecule has 2 rings (SSSR count). The van der Waals surface area contributed by atoms with Crippen molar-refractivity contribution in [1.29, 1.82) is 0 Å². The van der Waals surface area contributed by atoms with Gasteiger partial charge in [0.15, 0.2) is 6.10 Å². The van der Waals surface area contributed by atoms with Crippen molar-refractivity contribution in [3.63, 3.8) is 0 Å². The molecule has 1 unspecified atom stereocenters. The molecule has 0 saturated carbocycles. The van der Waals surface area contributed by atoms with E-state index < -0.39 is 46.0 Å². The predicted molar refractivity (Wildman–Crippen MR) is 104 cm³/mol. The molecule has 0 aliphatic rings. The van der Waals surface area contributed by atoms with Crippen LogP contribution in [-0.4, -0.2) is 30.0 Å². The number of nitro benzene ring substituents is 1. The summed E-state index contributed by atoms with van der Waals surface area (Å²) in [6.45, 7) is 3.02. The average Bonchev–Trinajstić information content (AvgIpc) is 2.68. The molecule has 0 bridgehead atoms. The van der Waals surface area contributed by atoms with Crippen LogP contribution < -0.4 is 10.1 Å². The molecule has 0 aromatic heterocycles. The number of alkyl halides is 3. The Hall–Kier alpha value is -3.63. The van der Waals surface area contributed by atoms with Gasteiger partial charge in [-0.2, -0.15) is 13.2 Å². The number of rotatable bonds is 7. The Bertz CT molecular complexity index is 1010. The van der Waals surface area contributed by atoms with Crippen molar-refractivity contribution in [2.75, 3.05) is 12.4 Å². The van der Waals surface area contributed by atoms with Gasteiger partial charge in [-0.3, -0.25) is 19.7 Å². The molecule has 0 radical (unpaired) electrons. The molecule has 0 fully saturated rings. The second-order valence-electron chi connectivity index (χ2n) is 6.59. The summed E-state index contributed by atoms with van der Waals surface area (Å²) in [5.41, 5.74) is -1.43. The van der Waals surface area contributed by atoms with Crippen LogP contribution in [0.2, 0.25) is 0 Å². The Balaban J connectivity index is 2.09. The molecule has 0 aliphatic carbocycles. The predicted octanol–water partition coefficient (Wildman–Crippen LogP) is 4.04. The van der Waals surface area contributed by atoms with E-state index >= 15 is 0 Å². The minimum absolute atomic E-state index is 0.181. The lowest BCUT2D eigenvalue weighted by atomic mass is 10.1. The number of nitrogens with one attached hydrogen (secondary N) is 1. The van der Waals surface area contributed by atoms with Gasteiger partial charge in [-0.05, 0) is 37.1 Å². The molecule has 11 heteroatoms. The lowest BCUT2D eigenvalue weighted by Gasteiger charge is -2.17. The van der Waals surface area contributed by atoms with Gasteiger partial charge in [0, 0.05) is 12.1 Å². The van der Waals surface area contributed by atoms with Gasteiger partial charge in [-0.15, -0.1) is 0 Å². The van der Waals surface area contributed by atoms with Crippen molar-refractivity contribution in [1.82, 2.24) is 0 Å². The summed E-state index contributed by atoms with van der Waals surface area (Å²) in [6.07, 6.45) is -6.53. The van der Waals surface area contributed by atoms with E-state index in [1.54, 1.807) is 18.2 Å². The highest BCUT2D eigenvalue weighted by molar-refractivity contribution is 5.96. The maximum atomic E-state index is 13.2. The molecule has 8 nitrogen and oxygen atoms in total. The number of carbonyl (C=O) groups is 2. The lowest BCUT2D eigenvalue weighted by molar-refractivity contribution is -0.385. The highest BCUT2D eigenvalue weighted by Crippen LogP contribution is 2.37. The fraction of sp³-hybridized carbons (Fsp3) is 0.300. The topological polar surface area (TPSA) is 108 Å². The minimum Gasteiger partial charge on any atom is -0.496 e. The molecule has 0 aliphatic heterocycles. The standard InChI is InChI=1S/C20H19F3N2O6/c1-11-4-5-13(8-17(11)30-3)9-18(26)31-12(2)19(27)24-16-7-6-14(25(28)29)10-15(16)20(21,22)23/h4-8,10,12H,9H2,1-3H3,(H,24,27). The van der Waals surface area contributed by atoms with Crippen molar-refractivity contribution in [3.8, 4) is 5.75 Å². The number of nitro groups is 1. The number of ether oxygens (including phenoxy) is 2. The molecule has 2 aromatic rings. The van der Waals surface area contributed by atoms with E-state index in [-0.39, 0.29) is 6.42 Å². The van der Waals surface area contributed by atoms with Crippen LogP contribution in [0.1, 0.15) is 23.6 Å². The van der Waals surface area contributed by atoms with Gasteiger partial charge in [-0.1, -0.05) is 12.1 Å². The van der Waals surface area contributed by atoms with E-state index in [0.29, 0.717) is 17.4 Å². The Morgan fingerprint density at radius 2 is 1.87 bits per heavy atom. The Labute approximate surface area is 175 Å². The summed E-state index contributed by atoms with van der Waals surface area (Å²) in [7, 11) is 1.48. The fourth-order valence-electron chi connectivity index (χ4n) is 2.66. The molecule has 166 valence electrons. The maximum absolute atomic E-state index is 13.2. The molecule has 0 spiro atoms. The molecular formula is C20H19F3N2O6. The average molecular weight is 440 g/mol. The molecule has 2 aromatic carbocycles. The lowest BCUT2D eigenvalue weighted by Crippen LogP contribution is -2.31. The number of non-ortho nitro benzene ring substituents is 1. The molecule has 1 N–H and O–H groups in total. The molecule has 1 amide bonds. The van der Waals surface area contributed by atoms with Crippen LogP contribution in [0.4, 0.5) is 24.5 Å². The van der Waals surface area contributed by atoms with Gasteiger partial charge in [0.25, 0.3) is 11.6 Å². The third kappa shape index (κ3) is 6.17. The summed E-state index contributed by atoms with van der Waals surface area (Å²) in [5, 5.41) is 12.7. The third-order valence-corrected chi connectivity index (χ3v) is 4.28. The third-order valence-electron chi connectivity index (χ3n) is 4.28. The maximum Gasteiger partial charge on any atom is 0.418 e. The first kappa shape index (κ1) is 23.6. The van der Waals surface area contributed by atoms with Crippen molar-refractivity contribution < 1.29 is 37.2 Å². The minimum atomic E-state index is -4.95. The van der Waals surface area contributed by atoms with Gasteiger partial charge in [0.2, 0.25) is 0 Å². The highest BCUT2D eigenvalue weighted by Gasteiger charge is 2.36. The molecule has 1 atom stereocenters. The van der Waals surface area contributed by atoms with Gasteiger partial charge >= 0.3 is 12.1 Å². The monoisotopic (exact) mass is 440 g/mol. The first-order chi connectivity index (χ1) is 14.4. The van der Waals surface area contributed by atoms with Crippen LogP contribution >= 0.6 is 0 Å². The number of methoxy groups -OCH3 is 1. The van der Waals surface area contributed by atoms with Crippen molar-refractivity contribution in [2.24, 2.45) is 0 Å². The smallest absolute Gasteiger partial charge is 0.418 e. The van der Waals surface area contributed by atoms with Crippen LogP contribution in [0.3, 0.4) is 0 Å². The molecule has 31 heavy (non-hydrogen) atoms. The van der Waals surface area contributed by atoms with Crippen LogP contribution in [0.25, 0.3) is 0 Å². The van der Waals surface area contributed by atoms with Crippen molar-refractivity contribution >= 4 is 23.3 Å². The van der Waals surface area contributed by atoms with Crippen LogP contribution in [-0.2, 0) is 26.9 Å². The van der Waals surface area contributed by atoms with Gasteiger partial charge in [0.1, 0.15) is 5.75 Å². The number of aryl methyl sites for hydroxylation is 1.